The number of hydrogen-bond acceptors (Lipinski definition) is 4. The van der Waals surface area contributed by atoms with E-state index in [2.05, 4.69) is 0 Å². The number of hydrogen-bond donors (Lipinski definition) is 0. The average Bonchev–Trinajstić information content (AvgIpc) is 2.66. The van der Waals surface area contributed by atoms with E-state index >= 15 is 0 Å². The molecule has 0 atom stereocenters. The van der Waals surface area contributed by atoms with Gasteiger partial charge in [-0.15, -0.1) is 0 Å². The highest BCUT2D eigenvalue weighted by Gasteiger charge is 2.34. The number of carbonyl (C=O) groups excluding carboxylic acids is 3. The molecule has 0 unspecified atom stereocenters. The highest BCUT2D eigenvalue weighted by Crippen LogP contribution is 2.32. The van der Waals surface area contributed by atoms with E-state index in [-0.39, 0.29) is 5.91 Å². The number of rotatable bonds is 1. The number of fused-ring (bicyclic) bond motifs is 1. The predicted molar refractivity (Wildman–Crippen MR) is 74.0 cm³/mol. The summed E-state index contributed by atoms with van der Waals surface area (Å²) in [6.07, 6.45) is 0. The summed E-state index contributed by atoms with van der Waals surface area (Å²) in [6, 6.07) is 5.26. The van der Waals surface area contributed by atoms with Gasteiger partial charge < -0.3 is 14.7 Å². The summed E-state index contributed by atoms with van der Waals surface area (Å²) in [7, 11) is 3.37. The highest BCUT2D eigenvalue weighted by atomic mass is 16.2. The number of Topliss-reactive ketones (excluding diaryl/α,β-unsaturated/α-hetero) is 1. The molecule has 104 valence electrons. The van der Waals surface area contributed by atoms with Crippen LogP contribution in [0.25, 0.3) is 0 Å². The Balaban J connectivity index is 1.93. The molecule has 2 aliphatic rings. The molecule has 2 aliphatic heterocycles. The van der Waals surface area contributed by atoms with Crippen LogP contribution in [0, 0.1) is 0 Å². The van der Waals surface area contributed by atoms with Crippen LogP contribution in [-0.2, 0) is 9.59 Å². The molecule has 1 aromatic rings. The van der Waals surface area contributed by atoms with Crippen molar-refractivity contribution in [1.82, 2.24) is 4.90 Å². The van der Waals surface area contributed by atoms with Gasteiger partial charge in [0.2, 0.25) is 5.91 Å². The summed E-state index contributed by atoms with van der Waals surface area (Å²) >= 11 is 0. The van der Waals surface area contributed by atoms with Crippen molar-refractivity contribution in [2.45, 2.75) is 0 Å². The van der Waals surface area contributed by atoms with Crippen molar-refractivity contribution in [3.63, 3.8) is 0 Å². The predicted octanol–water partition coefficient (Wildman–Crippen LogP) is 0.124. The van der Waals surface area contributed by atoms with Gasteiger partial charge in [-0.2, -0.15) is 0 Å². The maximum Gasteiger partial charge on any atom is 0.299 e. The first kappa shape index (κ1) is 12.7. The van der Waals surface area contributed by atoms with E-state index < -0.39 is 11.7 Å². The summed E-state index contributed by atoms with van der Waals surface area (Å²) in [5, 5.41) is 0. The first-order valence-corrected chi connectivity index (χ1v) is 6.44. The fourth-order valence-electron chi connectivity index (χ4n) is 2.54. The van der Waals surface area contributed by atoms with Crippen molar-refractivity contribution in [3.05, 3.63) is 23.8 Å². The zero-order valence-corrected chi connectivity index (χ0v) is 11.4. The van der Waals surface area contributed by atoms with Crippen LogP contribution >= 0.6 is 0 Å². The Morgan fingerprint density at radius 1 is 1.05 bits per heavy atom. The van der Waals surface area contributed by atoms with Crippen LogP contribution in [0.5, 0.6) is 0 Å². The van der Waals surface area contributed by atoms with Crippen molar-refractivity contribution in [2.75, 3.05) is 43.5 Å². The number of piperazine rings is 1. The van der Waals surface area contributed by atoms with E-state index in [1.54, 1.807) is 37.2 Å². The normalized spacial score (nSPS) is 18.9. The monoisotopic (exact) mass is 273 g/mol. The Kier molecular flexibility index (Phi) is 2.74. The van der Waals surface area contributed by atoms with Crippen molar-refractivity contribution >= 4 is 29.0 Å². The number of nitrogens with zero attached hydrogens (tertiary/aromatic N) is 3. The molecule has 0 bridgehead atoms. The van der Waals surface area contributed by atoms with Crippen LogP contribution in [0.3, 0.4) is 0 Å². The Hall–Kier alpha value is -2.37. The first-order valence-electron chi connectivity index (χ1n) is 6.44. The molecule has 0 N–H and O–H groups in total. The van der Waals surface area contributed by atoms with Crippen LogP contribution in [0.2, 0.25) is 0 Å². The Bertz CT molecular complexity index is 626. The van der Waals surface area contributed by atoms with Gasteiger partial charge in [0.15, 0.2) is 0 Å². The standard InChI is InChI=1S/C14H15N3O3/c1-15-5-6-17(8-12(15)18)9-3-4-10-11(7-9)16(2)14(20)13(10)19/h3-4,7H,5-6,8H2,1-2H3. The topological polar surface area (TPSA) is 60.9 Å². The number of benzene rings is 1. The average molecular weight is 273 g/mol. The van der Waals surface area contributed by atoms with Crippen molar-refractivity contribution < 1.29 is 14.4 Å². The van der Waals surface area contributed by atoms with Crippen LogP contribution in [0.15, 0.2) is 18.2 Å². The van der Waals surface area contributed by atoms with Crippen molar-refractivity contribution in [2.24, 2.45) is 0 Å². The molecule has 6 heteroatoms. The summed E-state index contributed by atoms with van der Waals surface area (Å²) in [5.74, 6) is -0.910. The van der Waals surface area contributed by atoms with Crippen molar-refractivity contribution in [3.8, 4) is 0 Å². The molecule has 2 amide bonds. The lowest BCUT2D eigenvalue weighted by molar-refractivity contribution is -0.129. The molecule has 20 heavy (non-hydrogen) atoms. The molecule has 0 aromatic heterocycles. The van der Waals surface area contributed by atoms with Gasteiger partial charge in [-0.1, -0.05) is 0 Å². The molecule has 3 rings (SSSR count). The third-order valence-electron chi connectivity index (χ3n) is 3.91. The molecule has 0 aliphatic carbocycles. The Morgan fingerprint density at radius 2 is 1.80 bits per heavy atom. The van der Waals surface area contributed by atoms with Crippen LogP contribution < -0.4 is 9.80 Å². The SMILES string of the molecule is CN1CCN(c2ccc3c(c2)N(C)C(=O)C3=O)CC1=O. The minimum atomic E-state index is -0.508. The summed E-state index contributed by atoms with van der Waals surface area (Å²) in [5.41, 5.74) is 1.91. The van der Waals surface area contributed by atoms with E-state index in [4.69, 9.17) is 0 Å². The van der Waals surface area contributed by atoms with Gasteiger partial charge in [0, 0.05) is 32.9 Å². The molecule has 0 spiro atoms. The molecular formula is C14H15N3O3. The summed E-state index contributed by atoms with van der Waals surface area (Å²) in [6.45, 7) is 1.73. The number of likely N-dealkylation sites (N-methyl/N-ethyl adjacent to an activating group) is 2. The van der Waals surface area contributed by atoms with E-state index in [1.807, 2.05) is 4.90 Å². The van der Waals surface area contributed by atoms with Crippen LogP contribution in [-0.4, -0.2) is 56.2 Å². The maximum atomic E-state index is 11.7. The minimum absolute atomic E-state index is 0.0669. The molecule has 2 heterocycles. The second-order valence-electron chi connectivity index (χ2n) is 5.13. The van der Waals surface area contributed by atoms with Gasteiger partial charge in [-0.3, -0.25) is 14.4 Å². The van der Waals surface area contributed by atoms with Gasteiger partial charge in [0.1, 0.15) is 0 Å². The van der Waals surface area contributed by atoms with Crippen molar-refractivity contribution in [1.29, 1.82) is 0 Å². The van der Waals surface area contributed by atoms with Gasteiger partial charge in [0.25, 0.3) is 11.7 Å². The molecular weight excluding hydrogens is 258 g/mol. The van der Waals surface area contributed by atoms with E-state index in [9.17, 15) is 14.4 Å². The number of ketones is 1. The summed E-state index contributed by atoms with van der Waals surface area (Å²) in [4.78, 5) is 40.1. The maximum absolute atomic E-state index is 11.7. The highest BCUT2D eigenvalue weighted by molar-refractivity contribution is 6.52. The van der Waals surface area contributed by atoms with Gasteiger partial charge in [-0.25, -0.2) is 0 Å². The second kappa shape index (κ2) is 4.33. The van der Waals surface area contributed by atoms with Gasteiger partial charge in [0.05, 0.1) is 17.8 Å². The zero-order chi connectivity index (χ0) is 14.4. The molecule has 0 saturated carbocycles. The Labute approximate surface area is 116 Å². The third kappa shape index (κ3) is 1.76. The van der Waals surface area contributed by atoms with E-state index in [0.717, 1.165) is 12.2 Å². The third-order valence-corrected chi connectivity index (χ3v) is 3.91. The molecule has 1 fully saturated rings. The van der Waals surface area contributed by atoms with Crippen LogP contribution in [0.4, 0.5) is 11.4 Å². The Morgan fingerprint density at radius 3 is 2.50 bits per heavy atom. The molecule has 0 radical (unpaired) electrons. The zero-order valence-electron chi connectivity index (χ0n) is 11.4. The first-order chi connectivity index (χ1) is 9.49. The van der Waals surface area contributed by atoms with E-state index in [0.29, 0.717) is 24.3 Å². The second-order valence-corrected chi connectivity index (χ2v) is 5.13. The molecule has 1 saturated heterocycles. The number of anilines is 2. The lowest BCUT2D eigenvalue weighted by Crippen LogP contribution is -2.48. The minimum Gasteiger partial charge on any atom is -0.360 e. The lowest BCUT2D eigenvalue weighted by atomic mass is 10.1. The largest absolute Gasteiger partial charge is 0.360 e. The fraction of sp³-hybridized carbons (Fsp3) is 0.357. The summed E-state index contributed by atoms with van der Waals surface area (Å²) < 4.78 is 0. The van der Waals surface area contributed by atoms with Crippen LogP contribution in [0.1, 0.15) is 10.4 Å². The molecule has 6 nitrogen and oxygen atoms in total. The lowest BCUT2D eigenvalue weighted by Gasteiger charge is -2.33. The fourth-order valence-corrected chi connectivity index (χ4v) is 2.54. The smallest absolute Gasteiger partial charge is 0.299 e. The van der Waals surface area contributed by atoms with Gasteiger partial charge >= 0.3 is 0 Å². The van der Waals surface area contributed by atoms with E-state index in [1.165, 1.54) is 4.90 Å². The molecule has 1 aromatic carbocycles. The number of carbonyl (C=O) groups is 3. The van der Waals surface area contributed by atoms with Gasteiger partial charge in [-0.05, 0) is 18.2 Å². The quantitative estimate of drug-likeness (QED) is 0.682. The number of amides is 2.